The van der Waals surface area contributed by atoms with Gasteiger partial charge in [-0.2, -0.15) is 13.2 Å². The zero-order valence-corrected chi connectivity index (χ0v) is 25.0. The van der Waals surface area contributed by atoms with Crippen molar-refractivity contribution in [3.05, 3.63) is 77.6 Å². The molecule has 0 radical (unpaired) electrons. The largest absolute Gasteiger partial charge is 0.433 e. The average Bonchev–Trinajstić information content (AvgIpc) is 3.00. The van der Waals surface area contributed by atoms with E-state index in [9.17, 15) is 22.8 Å². The number of nitrogens with one attached hydrogen (secondary N) is 1. The maximum Gasteiger partial charge on any atom is 0.433 e. The smallest absolute Gasteiger partial charge is 0.385 e. The van der Waals surface area contributed by atoms with Crippen LogP contribution in [0, 0.1) is 11.7 Å². The molecule has 0 saturated carbocycles. The van der Waals surface area contributed by atoms with Crippen LogP contribution < -0.4 is 5.32 Å². The lowest BCUT2D eigenvalue weighted by Crippen LogP contribution is -2.65. The van der Waals surface area contributed by atoms with Crippen LogP contribution in [0.15, 0.2) is 54.9 Å². The lowest BCUT2D eigenvalue weighted by atomic mass is 9.98. The number of nitrogens with zero attached hydrogens (tertiary/aromatic N) is 5. The minimum absolute atomic E-state index is 0.0370. The number of carbonyl (C=O) groups is 2. The highest BCUT2D eigenvalue weighted by molar-refractivity contribution is 5.89. The molecule has 0 unspecified atom stereocenters. The van der Waals surface area contributed by atoms with Crippen molar-refractivity contribution < 1.29 is 31.9 Å². The number of aromatic nitrogens is 3. The minimum atomic E-state index is -4.77. The highest BCUT2D eigenvalue weighted by atomic mass is 19.4. The molecule has 3 atom stereocenters. The van der Waals surface area contributed by atoms with Gasteiger partial charge < -0.3 is 15.0 Å². The summed E-state index contributed by atoms with van der Waals surface area (Å²) in [5.41, 5.74) is 0.0174. The van der Waals surface area contributed by atoms with Gasteiger partial charge in [-0.3, -0.25) is 14.5 Å². The number of benzene rings is 1. The van der Waals surface area contributed by atoms with Crippen LogP contribution in [0.25, 0.3) is 11.4 Å². The fourth-order valence-corrected chi connectivity index (χ4v) is 5.35. The molecule has 1 aliphatic heterocycles. The van der Waals surface area contributed by atoms with Crippen LogP contribution in [0.5, 0.6) is 0 Å². The Bertz CT molecular complexity index is 1420. The van der Waals surface area contributed by atoms with Crippen LogP contribution in [0.2, 0.25) is 0 Å². The second-order valence-corrected chi connectivity index (χ2v) is 11.1. The quantitative estimate of drug-likeness (QED) is 0.331. The summed E-state index contributed by atoms with van der Waals surface area (Å²) in [5, 5.41) is 2.90. The standard InChI is InChI=1S/C31H36F4N6O3/c1-19(2)30(43)41-20(3)17-40(24(12-15-44-4)27-23(32)10-11-26(39-27)31(33,34)35)18-25(41)29(42)38-16-21-6-8-22(9-7-21)28-36-13-5-14-37-28/h5-11,13-14,19-20,24-25H,12,15-18H2,1-4H3,(H,38,42)/t20-,24-,25-/m1/s1. The van der Waals surface area contributed by atoms with E-state index in [0.717, 1.165) is 17.2 Å². The molecule has 0 aliphatic carbocycles. The summed E-state index contributed by atoms with van der Waals surface area (Å²) in [6, 6.07) is 8.02. The maximum atomic E-state index is 15.1. The monoisotopic (exact) mass is 616 g/mol. The first-order chi connectivity index (χ1) is 20.9. The molecule has 1 aliphatic rings. The summed E-state index contributed by atoms with van der Waals surface area (Å²) >= 11 is 0. The molecule has 2 aromatic heterocycles. The van der Waals surface area contributed by atoms with E-state index in [1.807, 2.05) is 24.3 Å². The second-order valence-electron chi connectivity index (χ2n) is 11.1. The SMILES string of the molecule is COCC[C@H](c1nc(C(F)(F)F)ccc1F)N1C[C@@H](C)N(C(=O)C(C)C)[C@@H](C(=O)NCc2ccc(-c3ncccn3)cc2)C1. The second kappa shape index (κ2) is 14.2. The van der Waals surface area contributed by atoms with E-state index in [2.05, 4.69) is 20.3 Å². The fourth-order valence-electron chi connectivity index (χ4n) is 5.35. The van der Waals surface area contributed by atoms with Crippen molar-refractivity contribution in [3.63, 3.8) is 0 Å². The molecule has 3 aromatic rings. The summed E-state index contributed by atoms with van der Waals surface area (Å²) in [4.78, 5) is 42.4. The molecule has 236 valence electrons. The summed E-state index contributed by atoms with van der Waals surface area (Å²) < 4.78 is 60.8. The molecule has 0 spiro atoms. The van der Waals surface area contributed by atoms with Gasteiger partial charge in [0.05, 0.1) is 11.7 Å². The van der Waals surface area contributed by atoms with Crippen LogP contribution >= 0.6 is 0 Å². The Morgan fingerprint density at radius 3 is 2.36 bits per heavy atom. The first-order valence-corrected chi connectivity index (χ1v) is 14.3. The number of pyridine rings is 1. The van der Waals surface area contributed by atoms with Crippen LogP contribution in [0.4, 0.5) is 17.6 Å². The molecule has 3 heterocycles. The lowest BCUT2D eigenvalue weighted by molar-refractivity contribution is -0.151. The molecule has 0 bridgehead atoms. The first-order valence-electron chi connectivity index (χ1n) is 14.3. The van der Waals surface area contributed by atoms with Crippen molar-refractivity contribution in [3.8, 4) is 11.4 Å². The third kappa shape index (κ3) is 7.75. The minimum Gasteiger partial charge on any atom is -0.385 e. The van der Waals surface area contributed by atoms with Crippen molar-refractivity contribution in [2.45, 2.75) is 58.0 Å². The van der Waals surface area contributed by atoms with Crippen LogP contribution in [0.3, 0.4) is 0 Å². The summed E-state index contributed by atoms with van der Waals surface area (Å²) in [7, 11) is 1.44. The van der Waals surface area contributed by atoms with E-state index in [-0.39, 0.29) is 44.3 Å². The van der Waals surface area contributed by atoms with Gasteiger partial charge in [0.25, 0.3) is 0 Å². The zero-order valence-electron chi connectivity index (χ0n) is 25.0. The van der Waals surface area contributed by atoms with Crippen molar-refractivity contribution >= 4 is 11.8 Å². The van der Waals surface area contributed by atoms with Crippen LogP contribution in [-0.2, 0) is 27.0 Å². The van der Waals surface area contributed by atoms with E-state index in [1.54, 1.807) is 44.1 Å². The third-order valence-corrected chi connectivity index (χ3v) is 7.53. The number of alkyl halides is 3. The number of methoxy groups -OCH3 is 1. The number of hydrogen-bond donors (Lipinski definition) is 1. The predicted molar refractivity (Wildman–Crippen MR) is 154 cm³/mol. The fraction of sp³-hybridized carbons (Fsp3) is 0.452. The topological polar surface area (TPSA) is 101 Å². The normalized spacial score (nSPS) is 18.3. The zero-order chi connectivity index (χ0) is 32.0. The Hall–Kier alpha value is -3.97. The summed E-state index contributed by atoms with van der Waals surface area (Å²) in [6.45, 7) is 5.67. The van der Waals surface area contributed by atoms with Gasteiger partial charge >= 0.3 is 6.18 Å². The summed E-state index contributed by atoms with van der Waals surface area (Å²) in [5.74, 6) is -1.40. The lowest BCUT2D eigenvalue weighted by Gasteiger charge is -2.47. The molecular weight excluding hydrogens is 580 g/mol. The maximum absolute atomic E-state index is 15.1. The molecule has 4 rings (SSSR count). The van der Waals surface area contributed by atoms with Crippen LogP contribution in [-0.4, -0.2) is 75.5 Å². The van der Waals surface area contributed by atoms with E-state index in [0.29, 0.717) is 11.9 Å². The first kappa shape index (κ1) is 32.9. The van der Waals surface area contributed by atoms with E-state index in [1.165, 1.54) is 12.0 Å². The number of amides is 2. The van der Waals surface area contributed by atoms with Gasteiger partial charge in [-0.25, -0.2) is 19.3 Å². The van der Waals surface area contributed by atoms with Crippen molar-refractivity contribution in [2.75, 3.05) is 26.8 Å². The van der Waals surface area contributed by atoms with Gasteiger partial charge in [0, 0.05) is 63.3 Å². The molecule has 1 fully saturated rings. The summed E-state index contributed by atoms with van der Waals surface area (Å²) in [6.07, 6.45) is -1.35. The molecular formula is C31H36F4N6O3. The molecule has 9 nitrogen and oxygen atoms in total. The number of carbonyl (C=O) groups excluding carboxylic acids is 2. The number of hydrogen-bond acceptors (Lipinski definition) is 7. The Balaban J connectivity index is 1.59. The molecule has 1 N–H and O–H groups in total. The van der Waals surface area contributed by atoms with Gasteiger partial charge in [-0.15, -0.1) is 0 Å². The number of rotatable bonds is 10. The van der Waals surface area contributed by atoms with E-state index >= 15 is 4.39 Å². The predicted octanol–water partition coefficient (Wildman–Crippen LogP) is 4.65. The van der Waals surface area contributed by atoms with Crippen molar-refractivity contribution in [1.29, 1.82) is 0 Å². The number of piperazine rings is 1. The highest BCUT2D eigenvalue weighted by Crippen LogP contribution is 2.34. The van der Waals surface area contributed by atoms with Gasteiger partial charge in [-0.05, 0) is 37.1 Å². The Kier molecular flexibility index (Phi) is 10.6. The molecule has 1 aromatic carbocycles. The Labute approximate surface area is 253 Å². The molecule has 1 saturated heterocycles. The Morgan fingerprint density at radius 2 is 1.75 bits per heavy atom. The van der Waals surface area contributed by atoms with Gasteiger partial charge in [-0.1, -0.05) is 38.1 Å². The van der Waals surface area contributed by atoms with Crippen molar-refractivity contribution in [2.24, 2.45) is 5.92 Å². The third-order valence-electron chi connectivity index (χ3n) is 7.53. The average molecular weight is 617 g/mol. The molecule has 44 heavy (non-hydrogen) atoms. The van der Waals surface area contributed by atoms with E-state index in [4.69, 9.17) is 4.74 Å². The van der Waals surface area contributed by atoms with E-state index < -0.39 is 47.6 Å². The number of halogens is 4. The van der Waals surface area contributed by atoms with Crippen LogP contribution in [0.1, 0.15) is 50.2 Å². The number of ether oxygens (including phenoxy) is 1. The van der Waals surface area contributed by atoms with Gasteiger partial charge in [0.15, 0.2) is 5.82 Å². The van der Waals surface area contributed by atoms with Gasteiger partial charge in [0.1, 0.15) is 17.6 Å². The molecule has 13 heteroatoms. The highest BCUT2D eigenvalue weighted by Gasteiger charge is 2.43. The van der Waals surface area contributed by atoms with Crippen molar-refractivity contribution in [1.82, 2.24) is 30.1 Å². The molecule has 2 amide bonds. The van der Waals surface area contributed by atoms with Gasteiger partial charge in [0.2, 0.25) is 11.8 Å². The Morgan fingerprint density at radius 1 is 1.07 bits per heavy atom.